The van der Waals surface area contributed by atoms with Gasteiger partial charge in [0.2, 0.25) is 15.8 Å². The number of sulfonamides is 1. The van der Waals surface area contributed by atoms with Gasteiger partial charge in [0.05, 0.1) is 10.4 Å². The van der Waals surface area contributed by atoms with Crippen LogP contribution < -0.4 is 10.0 Å². The maximum Gasteiger partial charge on any atom is 0.321 e. The number of fused-ring (bicyclic) bond motifs is 1. The zero-order chi connectivity index (χ0) is 27.8. The summed E-state index contributed by atoms with van der Waals surface area (Å²) in [5.41, 5.74) is 0.393. The van der Waals surface area contributed by atoms with Gasteiger partial charge in [0.25, 0.3) is 0 Å². The van der Waals surface area contributed by atoms with Crippen LogP contribution in [0.3, 0.4) is 0 Å². The molecular weight excluding hydrogens is 555 g/mol. The summed E-state index contributed by atoms with van der Waals surface area (Å²) in [4.78, 5) is 15.2. The molecule has 2 N–H and O–H groups in total. The van der Waals surface area contributed by atoms with Crippen LogP contribution in [0.1, 0.15) is 31.2 Å². The summed E-state index contributed by atoms with van der Waals surface area (Å²) < 4.78 is 102. The van der Waals surface area contributed by atoms with Crippen molar-refractivity contribution in [1.29, 1.82) is 0 Å². The van der Waals surface area contributed by atoms with Gasteiger partial charge in [0.15, 0.2) is 28.2 Å². The van der Waals surface area contributed by atoms with Gasteiger partial charge in [-0.05, 0) is 30.9 Å². The number of carbonyl (C=O) groups is 1. The van der Waals surface area contributed by atoms with Crippen LogP contribution in [-0.2, 0) is 25.0 Å². The first kappa shape index (κ1) is 27.9. The fourth-order valence-electron chi connectivity index (χ4n) is 4.68. The number of nitrogens with one attached hydrogen (secondary N) is 2. The highest BCUT2D eigenvalue weighted by molar-refractivity contribution is 7.89. The molecule has 1 aliphatic rings. The van der Waals surface area contributed by atoms with Gasteiger partial charge in [-0.1, -0.05) is 24.7 Å². The second-order valence-corrected chi connectivity index (χ2v) is 10.7. The van der Waals surface area contributed by atoms with Crippen molar-refractivity contribution in [3.63, 3.8) is 0 Å². The second-order valence-electron chi connectivity index (χ2n) is 8.61. The Kier molecular flexibility index (Phi) is 7.72. The summed E-state index contributed by atoms with van der Waals surface area (Å²) in [7, 11) is -3.72. The average molecular weight is 577 g/mol. The van der Waals surface area contributed by atoms with Gasteiger partial charge < -0.3 is 14.5 Å². The number of carbonyl (C=O) groups excluding carboxylic acids is 1. The van der Waals surface area contributed by atoms with Crippen molar-refractivity contribution in [2.24, 2.45) is 0 Å². The molecule has 1 saturated carbocycles. The molecule has 1 fully saturated rings. The van der Waals surface area contributed by atoms with Crippen molar-refractivity contribution in [3.05, 3.63) is 65.4 Å². The average Bonchev–Trinajstić information content (AvgIpc) is 3.37. The fraction of sp³-hybridized carbons (Fsp3) is 0.348. The zero-order valence-corrected chi connectivity index (χ0v) is 21.4. The molecular formula is C23H21F5N4O4S2. The predicted octanol–water partition coefficient (Wildman–Crippen LogP) is 3.28. The van der Waals surface area contributed by atoms with E-state index < -0.39 is 68.0 Å². The molecule has 38 heavy (non-hydrogen) atoms. The lowest BCUT2D eigenvalue weighted by molar-refractivity contribution is -0.151. The summed E-state index contributed by atoms with van der Waals surface area (Å²) in [5.74, 6) is -13.6. The Morgan fingerprint density at radius 1 is 1.13 bits per heavy atom. The smallest absolute Gasteiger partial charge is 0.321 e. The van der Waals surface area contributed by atoms with Crippen LogP contribution in [0.2, 0.25) is 0 Å². The van der Waals surface area contributed by atoms with Crippen molar-refractivity contribution < 1.29 is 39.9 Å². The minimum atomic E-state index is -5.33. The molecule has 0 unspecified atom stereocenters. The largest absolute Gasteiger partial charge is 0.460 e. The van der Waals surface area contributed by atoms with Crippen molar-refractivity contribution >= 4 is 38.8 Å². The van der Waals surface area contributed by atoms with Crippen molar-refractivity contribution in [1.82, 2.24) is 19.4 Å². The third-order valence-corrected chi connectivity index (χ3v) is 8.48. The first-order chi connectivity index (χ1) is 17.9. The molecule has 0 amide bonds. The third kappa shape index (κ3) is 4.73. The molecule has 0 spiro atoms. The van der Waals surface area contributed by atoms with Crippen molar-refractivity contribution in [2.75, 3.05) is 13.6 Å². The van der Waals surface area contributed by atoms with Crippen LogP contribution >= 0.6 is 12.2 Å². The number of pyridine rings is 1. The van der Waals surface area contributed by atoms with E-state index in [0.717, 1.165) is 6.42 Å². The number of nitrogens with zero attached hydrogens (tertiary/aromatic N) is 2. The van der Waals surface area contributed by atoms with E-state index in [1.54, 1.807) is 46.9 Å². The van der Waals surface area contributed by atoms with Gasteiger partial charge in [-0.2, -0.15) is 4.72 Å². The molecule has 8 nitrogen and oxygen atoms in total. The number of imidazole rings is 1. The number of rotatable bonds is 7. The Labute approximate surface area is 219 Å². The Bertz CT molecular complexity index is 1500. The number of ether oxygens (including phenoxy) is 1. The summed E-state index contributed by atoms with van der Waals surface area (Å²) in [6.07, 6.45) is 6.53. The lowest BCUT2D eigenvalue weighted by Crippen LogP contribution is -2.54. The normalized spacial score (nSPS) is 19.9. The molecule has 2 atom stereocenters. The van der Waals surface area contributed by atoms with Crippen LogP contribution in [0.25, 0.3) is 5.65 Å². The summed E-state index contributed by atoms with van der Waals surface area (Å²) in [5, 5.41) is 2.94. The molecule has 204 valence electrons. The number of halogens is 5. The second kappa shape index (κ2) is 10.5. The highest BCUT2D eigenvalue weighted by Crippen LogP contribution is 2.42. The maximum absolute atomic E-state index is 14.0. The van der Waals surface area contributed by atoms with Gasteiger partial charge in [-0.15, -0.1) is 0 Å². The molecule has 1 aromatic carbocycles. The molecule has 0 saturated heterocycles. The van der Waals surface area contributed by atoms with Gasteiger partial charge >= 0.3 is 5.97 Å². The standard InChI is InChI=1S/C23H21F5N4O4S2/c1-29-22(37)23(12-5-6-14-30-8-9-32(14)11-12)7-3-2-4-13(23)36-15(33)10-31-38(34,35)21-19(27)17(25)16(24)18(26)20(21)28/h5-6,8-9,11,13,31H,2-4,7,10H2,1H3,(H,29,37)/t13-,23+/m1/s1. The van der Waals surface area contributed by atoms with Crippen LogP contribution in [0.4, 0.5) is 22.0 Å². The SMILES string of the molecule is CNC(=S)[C@]1(c2ccc3nccn3c2)CCCC[C@H]1OC(=O)CNS(=O)(=O)c1c(F)c(F)c(F)c(F)c1F. The molecule has 0 aliphatic heterocycles. The Morgan fingerprint density at radius 3 is 2.45 bits per heavy atom. The van der Waals surface area contributed by atoms with E-state index in [1.807, 2.05) is 0 Å². The van der Waals surface area contributed by atoms with Crippen LogP contribution in [0.15, 0.2) is 35.6 Å². The van der Waals surface area contributed by atoms with E-state index in [0.29, 0.717) is 35.5 Å². The Hall–Kier alpha value is -3.17. The van der Waals surface area contributed by atoms with Crippen molar-refractivity contribution in [2.45, 2.75) is 42.1 Å². The van der Waals surface area contributed by atoms with Gasteiger partial charge in [0, 0.05) is 25.6 Å². The van der Waals surface area contributed by atoms with E-state index in [1.165, 1.54) is 0 Å². The zero-order valence-electron chi connectivity index (χ0n) is 19.7. The third-order valence-electron chi connectivity index (χ3n) is 6.49. The van der Waals surface area contributed by atoms with Crippen LogP contribution in [-0.4, -0.2) is 48.5 Å². The number of hydrogen-bond donors (Lipinski definition) is 2. The monoisotopic (exact) mass is 576 g/mol. The van der Waals surface area contributed by atoms with Gasteiger partial charge in [0.1, 0.15) is 18.3 Å². The summed E-state index contributed by atoms with van der Waals surface area (Å²) in [6, 6.07) is 3.56. The minimum absolute atomic E-state index is 0.361. The first-order valence-corrected chi connectivity index (χ1v) is 13.2. The van der Waals surface area contributed by atoms with E-state index in [2.05, 4.69) is 10.3 Å². The highest BCUT2D eigenvalue weighted by Gasteiger charge is 2.48. The molecule has 2 aromatic heterocycles. The minimum Gasteiger partial charge on any atom is -0.460 e. The molecule has 15 heteroatoms. The summed E-state index contributed by atoms with van der Waals surface area (Å²) >= 11 is 5.63. The topological polar surface area (TPSA) is 102 Å². The van der Waals surface area contributed by atoms with Crippen LogP contribution in [0, 0.1) is 29.1 Å². The highest BCUT2D eigenvalue weighted by atomic mass is 32.2. The van der Waals surface area contributed by atoms with E-state index in [-0.39, 0.29) is 0 Å². The Morgan fingerprint density at radius 2 is 1.79 bits per heavy atom. The number of aromatic nitrogens is 2. The lowest BCUT2D eigenvalue weighted by Gasteiger charge is -2.44. The number of benzene rings is 1. The maximum atomic E-state index is 14.0. The molecule has 0 radical (unpaired) electrons. The quantitative estimate of drug-likeness (QED) is 0.146. The van der Waals surface area contributed by atoms with E-state index in [4.69, 9.17) is 17.0 Å². The molecule has 0 bridgehead atoms. The van der Waals surface area contributed by atoms with Gasteiger partial charge in [-0.3, -0.25) is 4.79 Å². The summed E-state index contributed by atoms with van der Waals surface area (Å²) in [6.45, 7) is -1.14. The molecule has 1 aliphatic carbocycles. The number of likely N-dealkylation sites (N-methyl/N-ethyl adjacent to an activating group) is 1. The van der Waals surface area contributed by atoms with Crippen molar-refractivity contribution in [3.8, 4) is 0 Å². The molecule has 4 rings (SSSR count). The number of thiocarbonyl (C=S) groups is 1. The van der Waals surface area contributed by atoms with Gasteiger partial charge in [-0.25, -0.2) is 35.4 Å². The Balaban J connectivity index is 1.60. The van der Waals surface area contributed by atoms with E-state index >= 15 is 0 Å². The van der Waals surface area contributed by atoms with Crippen LogP contribution in [0.5, 0.6) is 0 Å². The number of hydrogen-bond acceptors (Lipinski definition) is 6. The molecule has 3 aromatic rings. The predicted molar refractivity (Wildman–Crippen MR) is 128 cm³/mol. The van der Waals surface area contributed by atoms with E-state index in [9.17, 15) is 35.2 Å². The fourth-order valence-corrected chi connectivity index (χ4v) is 6.13. The first-order valence-electron chi connectivity index (χ1n) is 11.3. The lowest BCUT2D eigenvalue weighted by atomic mass is 9.67. The molecule has 2 heterocycles. The number of esters is 1.